The molecule has 0 aliphatic carbocycles. The van der Waals surface area contributed by atoms with Crippen LogP contribution in [0.2, 0.25) is 0 Å². The quantitative estimate of drug-likeness (QED) is 0.709. The van der Waals surface area contributed by atoms with Crippen LogP contribution in [0.4, 0.5) is 4.79 Å². The smallest absolute Gasteiger partial charge is 0.410 e. The number of rotatable bonds is 0. The van der Waals surface area contributed by atoms with E-state index in [0.29, 0.717) is 6.54 Å². The van der Waals surface area contributed by atoms with Crippen molar-refractivity contribution in [2.45, 2.75) is 59.1 Å². The highest BCUT2D eigenvalue weighted by Gasteiger charge is 2.32. The van der Waals surface area contributed by atoms with Crippen LogP contribution in [0, 0.1) is 5.41 Å². The first-order chi connectivity index (χ1) is 7.59. The van der Waals surface area contributed by atoms with Crippen molar-refractivity contribution in [3.63, 3.8) is 0 Å². The summed E-state index contributed by atoms with van der Waals surface area (Å²) in [5.74, 6) is 0. The van der Waals surface area contributed by atoms with E-state index in [9.17, 15) is 4.79 Å². The van der Waals surface area contributed by atoms with E-state index in [1.54, 1.807) is 4.90 Å². The number of likely N-dealkylation sites (tertiary alicyclic amines) is 1. The molecule has 0 bridgehead atoms. The summed E-state index contributed by atoms with van der Waals surface area (Å²) in [6, 6.07) is 0.0595. The zero-order valence-corrected chi connectivity index (χ0v) is 11.7. The molecule has 0 aromatic heterocycles. The molecule has 17 heavy (non-hydrogen) atoms. The summed E-state index contributed by atoms with van der Waals surface area (Å²) in [7, 11) is 0. The van der Waals surface area contributed by atoms with E-state index in [4.69, 9.17) is 10.5 Å². The van der Waals surface area contributed by atoms with E-state index in [-0.39, 0.29) is 17.6 Å². The molecule has 0 saturated carbocycles. The van der Waals surface area contributed by atoms with Gasteiger partial charge in [-0.1, -0.05) is 13.8 Å². The van der Waals surface area contributed by atoms with Gasteiger partial charge < -0.3 is 15.4 Å². The lowest BCUT2D eigenvalue weighted by molar-refractivity contribution is 0.0194. The third kappa shape index (κ3) is 4.94. The fraction of sp³-hybridized carbons (Fsp3) is 0.923. The van der Waals surface area contributed by atoms with Crippen molar-refractivity contribution in [1.29, 1.82) is 0 Å². The van der Waals surface area contributed by atoms with E-state index < -0.39 is 5.60 Å². The first kappa shape index (κ1) is 14.3. The molecule has 4 heteroatoms. The highest BCUT2D eigenvalue weighted by Crippen LogP contribution is 2.28. The van der Waals surface area contributed by atoms with E-state index in [1.807, 2.05) is 20.8 Å². The van der Waals surface area contributed by atoms with Crippen molar-refractivity contribution in [2.75, 3.05) is 13.1 Å². The van der Waals surface area contributed by atoms with Gasteiger partial charge in [0.25, 0.3) is 0 Å². The summed E-state index contributed by atoms with van der Waals surface area (Å²) >= 11 is 0. The number of carbonyl (C=O) groups excluding carboxylic acids is 1. The van der Waals surface area contributed by atoms with E-state index >= 15 is 0 Å². The Kier molecular flexibility index (Phi) is 4.07. The van der Waals surface area contributed by atoms with Crippen LogP contribution in [0.3, 0.4) is 0 Å². The fourth-order valence-corrected chi connectivity index (χ4v) is 2.08. The van der Waals surface area contributed by atoms with Gasteiger partial charge in [-0.05, 0) is 39.0 Å². The standard InChI is InChI=1S/C13H26N2O2/c1-12(2,3)17-11(16)15-8-10(14)6-7-13(4,5)9-15/h10H,6-9,14H2,1-5H3. The molecule has 1 unspecified atom stereocenters. The Labute approximate surface area is 104 Å². The van der Waals surface area contributed by atoms with Crippen LogP contribution in [-0.4, -0.2) is 35.7 Å². The van der Waals surface area contributed by atoms with Gasteiger partial charge in [-0.25, -0.2) is 4.79 Å². The van der Waals surface area contributed by atoms with Crippen molar-refractivity contribution in [3.8, 4) is 0 Å². The molecule has 0 radical (unpaired) electrons. The zero-order valence-electron chi connectivity index (χ0n) is 11.7. The van der Waals surface area contributed by atoms with E-state index in [1.165, 1.54) is 0 Å². The Morgan fingerprint density at radius 2 is 2.00 bits per heavy atom. The SMILES string of the molecule is CC1(C)CCC(N)CN(C(=O)OC(C)(C)C)C1. The van der Waals surface area contributed by atoms with Gasteiger partial charge in [0.05, 0.1) is 0 Å². The summed E-state index contributed by atoms with van der Waals surface area (Å²) in [6.45, 7) is 11.3. The van der Waals surface area contributed by atoms with Crippen LogP contribution in [0.1, 0.15) is 47.5 Å². The molecule has 1 heterocycles. The van der Waals surface area contributed by atoms with Crippen molar-refractivity contribution in [2.24, 2.45) is 11.1 Å². The highest BCUT2D eigenvalue weighted by molar-refractivity contribution is 5.68. The van der Waals surface area contributed by atoms with Crippen LogP contribution in [-0.2, 0) is 4.74 Å². The van der Waals surface area contributed by atoms with Crippen molar-refractivity contribution in [1.82, 2.24) is 4.90 Å². The van der Waals surface area contributed by atoms with Gasteiger partial charge in [-0.3, -0.25) is 0 Å². The summed E-state index contributed by atoms with van der Waals surface area (Å²) in [5.41, 5.74) is 5.67. The second-order valence-electron chi connectivity index (χ2n) is 6.82. The maximum Gasteiger partial charge on any atom is 0.410 e. The molecule has 2 N–H and O–H groups in total. The monoisotopic (exact) mass is 242 g/mol. The molecular weight excluding hydrogens is 216 g/mol. The van der Waals surface area contributed by atoms with Gasteiger partial charge in [0.1, 0.15) is 5.60 Å². The number of hydrogen-bond donors (Lipinski definition) is 1. The number of hydrogen-bond acceptors (Lipinski definition) is 3. The van der Waals surface area contributed by atoms with Crippen LogP contribution < -0.4 is 5.73 Å². The molecule has 1 aliphatic heterocycles. The molecule has 1 rings (SSSR count). The lowest BCUT2D eigenvalue weighted by atomic mass is 9.87. The van der Waals surface area contributed by atoms with Crippen molar-refractivity contribution < 1.29 is 9.53 Å². The minimum Gasteiger partial charge on any atom is -0.444 e. The van der Waals surface area contributed by atoms with Gasteiger partial charge in [-0.15, -0.1) is 0 Å². The number of ether oxygens (including phenoxy) is 1. The molecule has 1 aliphatic rings. The van der Waals surface area contributed by atoms with Gasteiger partial charge in [0.2, 0.25) is 0 Å². The lowest BCUT2D eigenvalue weighted by Gasteiger charge is -2.31. The fourth-order valence-electron chi connectivity index (χ4n) is 2.08. The summed E-state index contributed by atoms with van der Waals surface area (Å²) in [4.78, 5) is 13.8. The third-order valence-electron chi connectivity index (χ3n) is 2.92. The van der Waals surface area contributed by atoms with Crippen LogP contribution in [0.15, 0.2) is 0 Å². The number of nitrogens with two attached hydrogens (primary N) is 1. The second-order valence-corrected chi connectivity index (χ2v) is 6.82. The molecule has 1 saturated heterocycles. The maximum absolute atomic E-state index is 12.0. The number of nitrogens with zero attached hydrogens (tertiary/aromatic N) is 1. The van der Waals surface area contributed by atoms with E-state index in [2.05, 4.69) is 13.8 Å². The number of amides is 1. The highest BCUT2D eigenvalue weighted by atomic mass is 16.6. The number of carbonyl (C=O) groups is 1. The first-order valence-electron chi connectivity index (χ1n) is 6.33. The molecule has 1 atom stereocenters. The topological polar surface area (TPSA) is 55.6 Å². The molecule has 100 valence electrons. The third-order valence-corrected chi connectivity index (χ3v) is 2.92. The summed E-state index contributed by atoms with van der Waals surface area (Å²) < 4.78 is 5.41. The van der Waals surface area contributed by atoms with Crippen LogP contribution in [0.5, 0.6) is 0 Å². The summed E-state index contributed by atoms with van der Waals surface area (Å²) in [6.07, 6.45) is 1.77. The van der Waals surface area contributed by atoms with Gasteiger partial charge >= 0.3 is 6.09 Å². The Bertz CT molecular complexity index is 282. The largest absolute Gasteiger partial charge is 0.444 e. The zero-order chi connectivity index (χ0) is 13.3. The van der Waals surface area contributed by atoms with E-state index in [0.717, 1.165) is 19.4 Å². The molecule has 0 spiro atoms. The molecule has 0 aromatic rings. The predicted molar refractivity (Wildman–Crippen MR) is 68.8 cm³/mol. The average molecular weight is 242 g/mol. The normalized spacial score (nSPS) is 25.3. The Hall–Kier alpha value is -0.770. The Morgan fingerprint density at radius 3 is 2.53 bits per heavy atom. The predicted octanol–water partition coefficient (Wildman–Crippen LogP) is 2.37. The first-order valence-corrected chi connectivity index (χ1v) is 6.33. The maximum atomic E-state index is 12.0. The molecular formula is C13H26N2O2. The molecule has 1 amide bonds. The molecule has 1 fully saturated rings. The Morgan fingerprint density at radius 1 is 1.41 bits per heavy atom. The molecule has 0 aromatic carbocycles. The van der Waals surface area contributed by atoms with Crippen molar-refractivity contribution in [3.05, 3.63) is 0 Å². The van der Waals surface area contributed by atoms with Gasteiger partial charge in [0.15, 0.2) is 0 Å². The van der Waals surface area contributed by atoms with Gasteiger partial charge in [0, 0.05) is 19.1 Å². The Balaban J connectivity index is 2.70. The van der Waals surface area contributed by atoms with Crippen LogP contribution >= 0.6 is 0 Å². The van der Waals surface area contributed by atoms with Gasteiger partial charge in [-0.2, -0.15) is 0 Å². The van der Waals surface area contributed by atoms with Crippen molar-refractivity contribution >= 4 is 6.09 Å². The lowest BCUT2D eigenvalue weighted by Crippen LogP contribution is -2.44. The van der Waals surface area contributed by atoms with Crippen LogP contribution in [0.25, 0.3) is 0 Å². The average Bonchev–Trinajstić information content (AvgIpc) is 2.23. The minimum absolute atomic E-state index is 0.0595. The second kappa shape index (κ2) is 4.84. The molecule has 4 nitrogen and oxygen atoms in total. The minimum atomic E-state index is -0.447. The summed E-state index contributed by atoms with van der Waals surface area (Å²) in [5, 5.41) is 0.